The molecular formula is C12H8BrF2NOS. The van der Waals surface area contributed by atoms with Gasteiger partial charge in [0.25, 0.3) is 5.91 Å². The van der Waals surface area contributed by atoms with Gasteiger partial charge < -0.3 is 5.32 Å². The number of hydrogen-bond acceptors (Lipinski definition) is 2. The third kappa shape index (κ3) is 2.94. The van der Waals surface area contributed by atoms with Gasteiger partial charge in [0.1, 0.15) is 0 Å². The molecule has 1 aromatic carbocycles. The first-order valence-electron chi connectivity index (χ1n) is 5.04. The minimum Gasteiger partial charge on any atom is -0.347 e. The topological polar surface area (TPSA) is 29.1 Å². The van der Waals surface area contributed by atoms with Crippen LogP contribution in [0.2, 0.25) is 0 Å². The first-order valence-corrected chi connectivity index (χ1v) is 6.65. The molecule has 0 radical (unpaired) electrons. The van der Waals surface area contributed by atoms with Gasteiger partial charge in [0, 0.05) is 4.88 Å². The summed E-state index contributed by atoms with van der Waals surface area (Å²) < 4.78 is 27.2. The maximum Gasteiger partial charge on any atom is 0.254 e. The fourth-order valence-corrected chi connectivity index (χ4v) is 2.81. The molecule has 0 aliphatic heterocycles. The van der Waals surface area contributed by atoms with Crippen LogP contribution in [0.15, 0.2) is 34.1 Å². The smallest absolute Gasteiger partial charge is 0.254 e. The molecule has 18 heavy (non-hydrogen) atoms. The van der Waals surface area contributed by atoms with Crippen LogP contribution in [-0.2, 0) is 6.54 Å². The van der Waals surface area contributed by atoms with Crippen molar-refractivity contribution in [2.24, 2.45) is 0 Å². The molecule has 2 rings (SSSR count). The van der Waals surface area contributed by atoms with Crippen molar-refractivity contribution in [2.45, 2.75) is 6.54 Å². The Labute approximate surface area is 115 Å². The van der Waals surface area contributed by atoms with Crippen LogP contribution in [0.3, 0.4) is 0 Å². The van der Waals surface area contributed by atoms with Gasteiger partial charge >= 0.3 is 0 Å². The lowest BCUT2D eigenvalue weighted by atomic mass is 10.2. The fourth-order valence-electron chi connectivity index (χ4n) is 1.39. The standard InChI is InChI=1S/C12H8BrF2NOS/c13-10-5-4-7(18-10)6-16-12(17)8-2-1-3-9(14)11(8)15/h1-5H,6H2,(H,16,17). The number of hydrogen-bond donors (Lipinski definition) is 1. The second-order valence-electron chi connectivity index (χ2n) is 3.49. The van der Waals surface area contributed by atoms with E-state index in [2.05, 4.69) is 21.2 Å². The minimum atomic E-state index is -1.12. The number of benzene rings is 1. The van der Waals surface area contributed by atoms with Crippen molar-refractivity contribution in [1.29, 1.82) is 0 Å². The van der Waals surface area contributed by atoms with Crippen molar-refractivity contribution in [3.05, 3.63) is 56.2 Å². The zero-order chi connectivity index (χ0) is 13.1. The molecule has 1 amide bonds. The molecule has 0 aliphatic rings. The predicted octanol–water partition coefficient (Wildman–Crippen LogP) is 3.72. The number of nitrogens with one attached hydrogen (secondary N) is 1. The van der Waals surface area contributed by atoms with Gasteiger partial charge in [-0.3, -0.25) is 4.79 Å². The molecule has 0 unspecified atom stereocenters. The van der Waals surface area contributed by atoms with E-state index in [9.17, 15) is 13.6 Å². The minimum absolute atomic E-state index is 0.283. The van der Waals surface area contributed by atoms with Crippen LogP contribution in [0, 0.1) is 11.6 Å². The molecule has 0 spiro atoms. The SMILES string of the molecule is O=C(NCc1ccc(Br)s1)c1cccc(F)c1F. The third-order valence-electron chi connectivity index (χ3n) is 2.25. The van der Waals surface area contributed by atoms with Crippen molar-refractivity contribution in [3.63, 3.8) is 0 Å². The van der Waals surface area contributed by atoms with E-state index in [1.807, 2.05) is 12.1 Å². The summed E-state index contributed by atoms with van der Waals surface area (Å²) in [6, 6.07) is 7.22. The summed E-state index contributed by atoms with van der Waals surface area (Å²) in [5, 5.41) is 2.54. The first-order chi connectivity index (χ1) is 8.58. The van der Waals surface area contributed by atoms with E-state index in [4.69, 9.17) is 0 Å². The molecule has 0 bridgehead atoms. The Morgan fingerprint density at radius 2 is 2.06 bits per heavy atom. The molecule has 0 aliphatic carbocycles. The Morgan fingerprint density at radius 3 is 2.72 bits per heavy atom. The van der Waals surface area contributed by atoms with E-state index in [1.54, 1.807) is 0 Å². The summed E-state index contributed by atoms with van der Waals surface area (Å²) in [4.78, 5) is 12.6. The summed E-state index contributed by atoms with van der Waals surface area (Å²) in [7, 11) is 0. The lowest BCUT2D eigenvalue weighted by molar-refractivity contribution is 0.0946. The Morgan fingerprint density at radius 1 is 1.28 bits per heavy atom. The van der Waals surface area contributed by atoms with Gasteiger partial charge in [0.15, 0.2) is 11.6 Å². The first kappa shape index (κ1) is 13.2. The normalized spacial score (nSPS) is 10.4. The van der Waals surface area contributed by atoms with E-state index >= 15 is 0 Å². The van der Waals surface area contributed by atoms with E-state index in [0.717, 1.165) is 14.7 Å². The summed E-state index contributed by atoms with van der Waals surface area (Å²) in [6.07, 6.45) is 0. The molecule has 6 heteroatoms. The number of amides is 1. The van der Waals surface area contributed by atoms with Crippen LogP contribution < -0.4 is 5.32 Å². The molecule has 0 fully saturated rings. The second-order valence-corrected chi connectivity index (χ2v) is 6.04. The van der Waals surface area contributed by atoms with Crippen LogP contribution in [-0.4, -0.2) is 5.91 Å². The largest absolute Gasteiger partial charge is 0.347 e. The van der Waals surface area contributed by atoms with Crippen molar-refractivity contribution in [1.82, 2.24) is 5.32 Å². The van der Waals surface area contributed by atoms with E-state index < -0.39 is 17.5 Å². The van der Waals surface area contributed by atoms with Crippen molar-refractivity contribution < 1.29 is 13.6 Å². The molecule has 1 heterocycles. The van der Waals surface area contributed by atoms with Gasteiger partial charge in [0.05, 0.1) is 15.9 Å². The molecule has 94 valence electrons. The van der Waals surface area contributed by atoms with E-state index in [0.29, 0.717) is 0 Å². The Hall–Kier alpha value is -1.27. The quantitative estimate of drug-likeness (QED) is 0.912. The molecule has 0 saturated heterocycles. The molecular weight excluding hydrogens is 324 g/mol. The van der Waals surface area contributed by atoms with Gasteiger partial charge in [-0.05, 0) is 40.2 Å². The summed E-state index contributed by atoms with van der Waals surface area (Å²) in [5.41, 5.74) is -0.286. The zero-order valence-electron chi connectivity index (χ0n) is 9.04. The molecule has 1 aromatic heterocycles. The Bertz CT molecular complexity index is 585. The monoisotopic (exact) mass is 331 g/mol. The highest BCUT2D eigenvalue weighted by Crippen LogP contribution is 2.22. The van der Waals surface area contributed by atoms with Gasteiger partial charge in [-0.15, -0.1) is 11.3 Å². The lowest BCUT2D eigenvalue weighted by Gasteiger charge is -2.05. The van der Waals surface area contributed by atoms with Gasteiger partial charge in [0.2, 0.25) is 0 Å². The summed E-state index contributed by atoms with van der Waals surface area (Å²) in [6.45, 7) is 0.283. The average Bonchev–Trinajstić information content (AvgIpc) is 2.76. The number of carbonyl (C=O) groups is 1. The molecule has 2 aromatic rings. The second kappa shape index (κ2) is 5.58. The average molecular weight is 332 g/mol. The number of halogens is 3. The molecule has 2 nitrogen and oxygen atoms in total. The van der Waals surface area contributed by atoms with Gasteiger partial charge in [-0.2, -0.15) is 0 Å². The van der Waals surface area contributed by atoms with Crippen molar-refractivity contribution >= 4 is 33.2 Å². The maximum absolute atomic E-state index is 13.3. The zero-order valence-corrected chi connectivity index (χ0v) is 11.4. The van der Waals surface area contributed by atoms with Crippen LogP contribution in [0.4, 0.5) is 8.78 Å². The Balaban J connectivity index is 2.06. The fraction of sp³-hybridized carbons (Fsp3) is 0.0833. The van der Waals surface area contributed by atoms with Gasteiger partial charge in [-0.1, -0.05) is 6.07 Å². The third-order valence-corrected chi connectivity index (χ3v) is 3.87. The van der Waals surface area contributed by atoms with Crippen molar-refractivity contribution in [2.75, 3.05) is 0 Å². The lowest BCUT2D eigenvalue weighted by Crippen LogP contribution is -2.23. The number of carbonyl (C=O) groups excluding carboxylic acids is 1. The molecule has 0 saturated carbocycles. The van der Waals surface area contributed by atoms with Crippen LogP contribution >= 0.6 is 27.3 Å². The van der Waals surface area contributed by atoms with Gasteiger partial charge in [-0.25, -0.2) is 8.78 Å². The van der Waals surface area contributed by atoms with Crippen molar-refractivity contribution in [3.8, 4) is 0 Å². The summed E-state index contributed by atoms with van der Waals surface area (Å²) >= 11 is 4.77. The van der Waals surface area contributed by atoms with E-state index in [1.165, 1.54) is 23.5 Å². The highest BCUT2D eigenvalue weighted by molar-refractivity contribution is 9.11. The van der Waals surface area contributed by atoms with Crippen LogP contribution in [0.1, 0.15) is 15.2 Å². The van der Waals surface area contributed by atoms with Crippen LogP contribution in [0.25, 0.3) is 0 Å². The van der Waals surface area contributed by atoms with Crippen LogP contribution in [0.5, 0.6) is 0 Å². The highest BCUT2D eigenvalue weighted by Gasteiger charge is 2.14. The predicted molar refractivity (Wildman–Crippen MR) is 69.5 cm³/mol. The Kier molecular flexibility index (Phi) is 4.08. The number of thiophene rings is 1. The highest BCUT2D eigenvalue weighted by atomic mass is 79.9. The number of rotatable bonds is 3. The molecule has 0 atom stereocenters. The maximum atomic E-state index is 13.3. The summed E-state index contributed by atoms with van der Waals surface area (Å²) in [5.74, 6) is -2.78. The van der Waals surface area contributed by atoms with E-state index in [-0.39, 0.29) is 12.1 Å². The molecule has 1 N–H and O–H groups in total.